The zero-order chi connectivity index (χ0) is 23.9. The van der Waals surface area contributed by atoms with Crippen molar-refractivity contribution >= 4 is 11.7 Å². The topological polar surface area (TPSA) is 60.9 Å². The number of anilines is 1. The molecule has 1 saturated heterocycles. The number of ether oxygens (including phenoxy) is 3. The van der Waals surface area contributed by atoms with E-state index >= 15 is 0 Å². The van der Waals surface area contributed by atoms with Crippen molar-refractivity contribution in [3.63, 3.8) is 0 Å². The first-order valence-corrected chi connectivity index (χ1v) is 11.8. The summed E-state index contributed by atoms with van der Waals surface area (Å²) in [5.41, 5.74) is 4.93. The van der Waals surface area contributed by atoms with E-state index in [9.17, 15) is 4.79 Å². The normalized spacial score (nSPS) is 14.0. The van der Waals surface area contributed by atoms with Crippen molar-refractivity contribution in [3.8, 4) is 22.8 Å². The van der Waals surface area contributed by atoms with Crippen molar-refractivity contribution in [1.82, 2.24) is 4.98 Å². The summed E-state index contributed by atoms with van der Waals surface area (Å²) in [6, 6.07) is 20.3. The summed E-state index contributed by atoms with van der Waals surface area (Å²) in [5.74, 6) is 1.29. The van der Waals surface area contributed by atoms with Crippen LogP contribution in [0.25, 0.3) is 11.1 Å². The molecule has 0 spiro atoms. The van der Waals surface area contributed by atoms with Crippen LogP contribution in [0.4, 0.5) is 5.69 Å². The lowest BCUT2D eigenvalue weighted by Crippen LogP contribution is -2.37. The molecule has 0 aliphatic carbocycles. The molecule has 3 aromatic rings. The number of rotatable bonds is 8. The van der Waals surface area contributed by atoms with Gasteiger partial charge in [0.25, 0.3) is 0 Å². The fourth-order valence-corrected chi connectivity index (χ4v) is 4.31. The highest BCUT2D eigenvalue weighted by molar-refractivity contribution is 5.75. The molecule has 0 amide bonds. The lowest BCUT2D eigenvalue weighted by Gasteiger charge is -2.33. The average molecular weight is 461 g/mol. The summed E-state index contributed by atoms with van der Waals surface area (Å²) in [6.45, 7) is 6.27. The van der Waals surface area contributed by atoms with E-state index in [1.165, 1.54) is 0 Å². The summed E-state index contributed by atoms with van der Waals surface area (Å²) in [6.07, 6.45) is 1.56. The third kappa shape index (κ3) is 5.50. The Kier molecular flexibility index (Phi) is 7.68. The van der Waals surface area contributed by atoms with E-state index < -0.39 is 0 Å². The molecular weight excluding hydrogens is 428 g/mol. The van der Waals surface area contributed by atoms with Gasteiger partial charge in [0.2, 0.25) is 5.88 Å². The summed E-state index contributed by atoms with van der Waals surface area (Å²) >= 11 is 0. The molecule has 1 aromatic heterocycles. The molecule has 0 radical (unpaired) electrons. The first-order valence-electron chi connectivity index (χ1n) is 11.8. The fourth-order valence-electron chi connectivity index (χ4n) is 4.31. The van der Waals surface area contributed by atoms with Gasteiger partial charge < -0.3 is 19.1 Å². The van der Waals surface area contributed by atoms with Crippen molar-refractivity contribution in [2.75, 3.05) is 31.7 Å². The molecule has 2 aromatic carbocycles. The van der Waals surface area contributed by atoms with Crippen LogP contribution >= 0.6 is 0 Å². The summed E-state index contributed by atoms with van der Waals surface area (Å²) in [4.78, 5) is 19.0. The van der Waals surface area contributed by atoms with Gasteiger partial charge in [0.15, 0.2) is 0 Å². The van der Waals surface area contributed by atoms with Gasteiger partial charge in [-0.3, -0.25) is 4.79 Å². The molecule has 1 aliphatic rings. The van der Waals surface area contributed by atoms with Crippen molar-refractivity contribution in [1.29, 1.82) is 0 Å². The number of aromatic nitrogens is 1. The number of benzene rings is 2. The number of aryl methyl sites for hydroxylation is 1. The Morgan fingerprint density at radius 2 is 1.82 bits per heavy atom. The first kappa shape index (κ1) is 23.6. The van der Waals surface area contributed by atoms with Gasteiger partial charge in [-0.15, -0.1) is 0 Å². The van der Waals surface area contributed by atoms with Crippen molar-refractivity contribution in [2.24, 2.45) is 5.92 Å². The minimum absolute atomic E-state index is 0.0237. The summed E-state index contributed by atoms with van der Waals surface area (Å²) in [7, 11) is 1.69. The lowest BCUT2D eigenvalue weighted by molar-refractivity contribution is -0.148. The molecule has 4 rings (SSSR count). The van der Waals surface area contributed by atoms with Gasteiger partial charge in [0.1, 0.15) is 12.4 Å². The molecule has 6 heteroatoms. The second kappa shape index (κ2) is 11.1. The average Bonchev–Trinajstić information content (AvgIpc) is 2.88. The molecule has 178 valence electrons. The maximum atomic E-state index is 12.1. The van der Waals surface area contributed by atoms with Crippen LogP contribution in [0.3, 0.4) is 0 Å². The Morgan fingerprint density at radius 3 is 2.53 bits per heavy atom. The van der Waals surface area contributed by atoms with Gasteiger partial charge in [-0.2, -0.15) is 0 Å². The van der Waals surface area contributed by atoms with Crippen molar-refractivity contribution in [2.45, 2.75) is 33.3 Å². The number of piperidine rings is 1. The zero-order valence-corrected chi connectivity index (χ0v) is 20.1. The van der Waals surface area contributed by atoms with E-state index in [0.717, 1.165) is 59.8 Å². The molecule has 0 N–H and O–H groups in total. The predicted molar refractivity (Wildman–Crippen MR) is 133 cm³/mol. The maximum Gasteiger partial charge on any atom is 0.309 e. The molecular formula is C28H32N2O4. The molecule has 34 heavy (non-hydrogen) atoms. The van der Waals surface area contributed by atoms with Gasteiger partial charge in [-0.25, -0.2) is 4.98 Å². The molecule has 0 unspecified atom stereocenters. The first-order chi connectivity index (χ1) is 16.6. The molecule has 0 atom stereocenters. The largest absolute Gasteiger partial charge is 0.495 e. The third-order valence-corrected chi connectivity index (χ3v) is 6.16. The minimum Gasteiger partial charge on any atom is -0.495 e. The van der Waals surface area contributed by atoms with E-state index in [1.54, 1.807) is 7.11 Å². The second-order valence-corrected chi connectivity index (χ2v) is 8.48. The quantitative estimate of drug-likeness (QED) is 0.418. The highest BCUT2D eigenvalue weighted by atomic mass is 16.5. The highest BCUT2D eigenvalue weighted by Gasteiger charge is 2.27. The summed E-state index contributed by atoms with van der Waals surface area (Å²) < 4.78 is 17.1. The molecule has 6 nitrogen and oxygen atoms in total. The van der Waals surface area contributed by atoms with Gasteiger partial charge in [0.05, 0.1) is 25.3 Å². The Hall–Kier alpha value is -3.54. The molecule has 1 fully saturated rings. The van der Waals surface area contributed by atoms with Crippen LogP contribution in [0.15, 0.2) is 60.7 Å². The predicted octanol–water partition coefficient (Wildman–Crippen LogP) is 5.42. The standard InChI is InChI=1S/C28H32N2O4/c1-4-33-28(31)22-14-16-30(17-15-22)25-13-11-23(18-26(25)32-3)24-12-10-20(2)29-27(24)34-19-21-8-6-5-7-9-21/h5-13,18,22H,4,14-17,19H2,1-3H3. The fraction of sp³-hybridized carbons (Fsp3) is 0.357. The number of nitrogens with zero attached hydrogens (tertiary/aromatic N) is 2. The van der Waals surface area contributed by atoms with Gasteiger partial charge >= 0.3 is 5.97 Å². The van der Waals surface area contributed by atoms with E-state index in [0.29, 0.717) is 19.1 Å². The zero-order valence-electron chi connectivity index (χ0n) is 20.1. The number of pyridine rings is 1. The highest BCUT2D eigenvalue weighted by Crippen LogP contribution is 2.38. The number of carbonyl (C=O) groups is 1. The van der Waals surface area contributed by atoms with Crippen LogP contribution in [0.5, 0.6) is 11.6 Å². The Bertz CT molecular complexity index is 1110. The Balaban J connectivity index is 1.53. The van der Waals surface area contributed by atoms with Crippen LogP contribution in [0.1, 0.15) is 31.0 Å². The second-order valence-electron chi connectivity index (χ2n) is 8.48. The minimum atomic E-state index is -0.0839. The van der Waals surface area contributed by atoms with Crippen LogP contribution in [-0.4, -0.2) is 37.8 Å². The maximum absolute atomic E-state index is 12.1. The van der Waals surface area contributed by atoms with Gasteiger partial charge in [-0.05, 0) is 62.1 Å². The van der Waals surface area contributed by atoms with Crippen molar-refractivity contribution in [3.05, 3.63) is 71.9 Å². The third-order valence-electron chi connectivity index (χ3n) is 6.16. The molecule has 0 bridgehead atoms. The SMILES string of the molecule is CCOC(=O)C1CCN(c2ccc(-c3ccc(C)nc3OCc3ccccc3)cc2OC)CC1. The number of carbonyl (C=O) groups excluding carboxylic acids is 1. The Morgan fingerprint density at radius 1 is 1.06 bits per heavy atom. The number of hydrogen-bond donors (Lipinski definition) is 0. The van der Waals surface area contributed by atoms with Gasteiger partial charge in [-0.1, -0.05) is 36.4 Å². The van der Waals surface area contributed by atoms with E-state index in [4.69, 9.17) is 14.2 Å². The molecule has 1 aliphatic heterocycles. The number of esters is 1. The van der Waals surface area contributed by atoms with E-state index in [2.05, 4.69) is 22.0 Å². The molecule has 2 heterocycles. The lowest BCUT2D eigenvalue weighted by atomic mass is 9.96. The van der Waals surface area contributed by atoms with Crippen LogP contribution in [0, 0.1) is 12.8 Å². The van der Waals surface area contributed by atoms with Crippen LogP contribution in [0.2, 0.25) is 0 Å². The smallest absolute Gasteiger partial charge is 0.309 e. The van der Waals surface area contributed by atoms with Gasteiger partial charge in [0, 0.05) is 24.3 Å². The van der Waals surface area contributed by atoms with E-state index in [1.807, 2.05) is 62.4 Å². The van der Waals surface area contributed by atoms with Crippen molar-refractivity contribution < 1.29 is 19.0 Å². The van der Waals surface area contributed by atoms with Crippen LogP contribution in [-0.2, 0) is 16.1 Å². The Labute approximate surface area is 201 Å². The van der Waals surface area contributed by atoms with Crippen LogP contribution < -0.4 is 14.4 Å². The molecule has 0 saturated carbocycles. The summed E-state index contributed by atoms with van der Waals surface area (Å²) in [5, 5.41) is 0. The number of methoxy groups -OCH3 is 1. The number of hydrogen-bond acceptors (Lipinski definition) is 6. The van der Waals surface area contributed by atoms with E-state index in [-0.39, 0.29) is 11.9 Å². The monoisotopic (exact) mass is 460 g/mol.